The van der Waals surface area contributed by atoms with Gasteiger partial charge >= 0.3 is 0 Å². The summed E-state index contributed by atoms with van der Waals surface area (Å²) in [6.07, 6.45) is 8.70. The summed E-state index contributed by atoms with van der Waals surface area (Å²) in [6.45, 7) is 7.53. The molecular formula is C14H26O2. The van der Waals surface area contributed by atoms with E-state index < -0.39 is 0 Å². The minimum Gasteiger partial charge on any atom is -0.349 e. The Labute approximate surface area is 99.7 Å². The molecule has 2 aliphatic rings. The molecule has 0 aromatic rings. The van der Waals surface area contributed by atoms with Crippen LogP contribution in [-0.2, 0) is 9.47 Å². The van der Waals surface area contributed by atoms with E-state index in [0.717, 1.165) is 5.92 Å². The van der Waals surface area contributed by atoms with E-state index in [1.165, 1.54) is 38.5 Å². The van der Waals surface area contributed by atoms with Crippen molar-refractivity contribution < 1.29 is 9.47 Å². The first-order valence-electron chi connectivity index (χ1n) is 6.78. The summed E-state index contributed by atoms with van der Waals surface area (Å²) in [5, 5.41) is 0. The molecule has 0 spiro atoms. The minimum atomic E-state index is 0.411. The van der Waals surface area contributed by atoms with Crippen molar-refractivity contribution in [2.75, 3.05) is 6.79 Å². The monoisotopic (exact) mass is 226 g/mol. The summed E-state index contributed by atoms with van der Waals surface area (Å²) in [5.41, 5.74) is 0.490. The molecule has 3 atom stereocenters. The largest absolute Gasteiger partial charge is 0.349 e. The topological polar surface area (TPSA) is 18.5 Å². The normalized spacial score (nSPS) is 35.1. The van der Waals surface area contributed by atoms with Gasteiger partial charge in [0, 0.05) is 0 Å². The fourth-order valence-corrected chi connectivity index (χ4v) is 2.95. The first kappa shape index (κ1) is 12.4. The maximum Gasteiger partial charge on any atom is 0.147 e. The molecule has 1 saturated carbocycles. The van der Waals surface area contributed by atoms with E-state index in [1.807, 2.05) is 0 Å². The van der Waals surface area contributed by atoms with E-state index in [1.54, 1.807) is 0 Å². The van der Waals surface area contributed by atoms with Crippen LogP contribution in [0.3, 0.4) is 0 Å². The van der Waals surface area contributed by atoms with Crippen LogP contribution in [-0.4, -0.2) is 19.0 Å². The second-order valence-electron chi connectivity index (χ2n) is 6.66. The van der Waals surface area contributed by atoms with E-state index in [0.29, 0.717) is 24.4 Å². The molecule has 2 heteroatoms. The van der Waals surface area contributed by atoms with Gasteiger partial charge in [0.2, 0.25) is 0 Å². The van der Waals surface area contributed by atoms with Gasteiger partial charge in [-0.25, -0.2) is 0 Å². The van der Waals surface area contributed by atoms with E-state index in [-0.39, 0.29) is 0 Å². The summed E-state index contributed by atoms with van der Waals surface area (Å²) in [4.78, 5) is 0. The molecule has 0 radical (unpaired) electrons. The van der Waals surface area contributed by atoms with Crippen molar-refractivity contribution in [3.63, 3.8) is 0 Å². The van der Waals surface area contributed by atoms with Crippen molar-refractivity contribution in [1.29, 1.82) is 0 Å². The molecule has 0 amide bonds. The van der Waals surface area contributed by atoms with Crippen LogP contribution in [0.15, 0.2) is 0 Å². The second kappa shape index (κ2) is 5.05. The number of hydrogen-bond acceptors (Lipinski definition) is 2. The van der Waals surface area contributed by atoms with Crippen LogP contribution in [0.1, 0.15) is 59.3 Å². The third-order valence-corrected chi connectivity index (χ3v) is 3.94. The molecule has 0 bridgehead atoms. The lowest BCUT2D eigenvalue weighted by Crippen LogP contribution is -2.31. The quantitative estimate of drug-likeness (QED) is 0.729. The van der Waals surface area contributed by atoms with Crippen LogP contribution in [0.4, 0.5) is 0 Å². The highest BCUT2D eigenvalue weighted by molar-refractivity contribution is 4.83. The van der Waals surface area contributed by atoms with Crippen LogP contribution in [0.25, 0.3) is 0 Å². The Bertz CT molecular complexity index is 219. The molecule has 2 nitrogen and oxygen atoms in total. The Morgan fingerprint density at radius 1 is 1.06 bits per heavy atom. The molecular weight excluding hydrogens is 200 g/mol. The molecule has 2 fully saturated rings. The summed E-state index contributed by atoms with van der Waals surface area (Å²) in [5.74, 6) is 0.880. The Morgan fingerprint density at radius 2 is 1.81 bits per heavy atom. The molecule has 1 aliphatic heterocycles. The Kier molecular flexibility index (Phi) is 3.91. The molecule has 94 valence electrons. The van der Waals surface area contributed by atoms with Crippen molar-refractivity contribution in [3.8, 4) is 0 Å². The zero-order chi connectivity index (χ0) is 11.6. The van der Waals surface area contributed by atoms with Gasteiger partial charge in [0.05, 0.1) is 12.2 Å². The highest BCUT2D eigenvalue weighted by Gasteiger charge is 2.35. The minimum absolute atomic E-state index is 0.411. The first-order valence-corrected chi connectivity index (χ1v) is 6.78. The van der Waals surface area contributed by atoms with Gasteiger partial charge < -0.3 is 9.47 Å². The number of fused-ring (bicyclic) bond motifs is 1. The zero-order valence-electron chi connectivity index (χ0n) is 11.0. The van der Waals surface area contributed by atoms with Gasteiger partial charge in [-0.2, -0.15) is 0 Å². The summed E-state index contributed by atoms with van der Waals surface area (Å²) in [6, 6.07) is 0. The van der Waals surface area contributed by atoms with Gasteiger partial charge in [-0.3, -0.25) is 0 Å². The number of ether oxygens (including phenoxy) is 2. The average Bonchev–Trinajstić information content (AvgIpc) is 2.62. The Balaban J connectivity index is 1.67. The Morgan fingerprint density at radius 3 is 2.56 bits per heavy atom. The maximum atomic E-state index is 5.61. The van der Waals surface area contributed by atoms with Crippen LogP contribution < -0.4 is 0 Å². The number of rotatable bonds is 3. The molecule has 2 rings (SSSR count). The predicted octanol–water partition coefficient (Wildman–Crippen LogP) is 3.74. The maximum absolute atomic E-state index is 5.61. The SMILES string of the molecule is CC(C)(C)CCCC1CCC2OCOC2C1. The van der Waals surface area contributed by atoms with Crippen molar-refractivity contribution in [3.05, 3.63) is 0 Å². The highest BCUT2D eigenvalue weighted by atomic mass is 16.7. The van der Waals surface area contributed by atoms with E-state index in [4.69, 9.17) is 9.47 Å². The van der Waals surface area contributed by atoms with Gasteiger partial charge in [-0.15, -0.1) is 0 Å². The smallest absolute Gasteiger partial charge is 0.147 e. The summed E-state index contributed by atoms with van der Waals surface area (Å²) < 4.78 is 11.2. The van der Waals surface area contributed by atoms with Crippen molar-refractivity contribution >= 4 is 0 Å². The van der Waals surface area contributed by atoms with Gasteiger partial charge in [0.25, 0.3) is 0 Å². The van der Waals surface area contributed by atoms with E-state index in [2.05, 4.69) is 20.8 Å². The van der Waals surface area contributed by atoms with Crippen molar-refractivity contribution in [1.82, 2.24) is 0 Å². The molecule has 0 aromatic heterocycles. The van der Waals surface area contributed by atoms with E-state index >= 15 is 0 Å². The van der Waals surface area contributed by atoms with E-state index in [9.17, 15) is 0 Å². The van der Waals surface area contributed by atoms with Gasteiger partial charge in [0.1, 0.15) is 6.79 Å². The molecule has 1 aliphatic carbocycles. The lowest BCUT2D eigenvalue weighted by molar-refractivity contribution is 0.0386. The van der Waals surface area contributed by atoms with Crippen molar-refractivity contribution in [2.24, 2.45) is 11.3 Å². The second-order valence-corrected chi connectivity index (χ2v) is 6.66. The predicted molar refractivity (Wildman–Crippen MR) is 65.3 cm³/mol. The zero-order valence-corrected chi connectivity index (χ0v) is 11.0. The molecule has 16 heavy (non-hydrogen) atoms. The third-order valence-electron chi connectivity index (χ3n) is 3.94. The van der Waals surface area contributed by atoms with Crippen molar-refractivity contribution in [2.45, 2.75) is 71.5 Å². The molecule has 3 unspecified atom stereocenters. The standard InChI is InChI=1S/C14H26O2/c1-14(2,3)8-4-5-11-6-7-12-13(9-11)16-10-15-12/h11-13H,4-10H2,1-3H3. The first-order chi connectivity index (χ1) is 7.54. The molecule has 0 aromatic carbocycles. The van der Waals surface area contributed by atoms with Gasteiger partial charge in [-0.05, 0) is 37.0 Å². The van der Waals surface area contributed by atoms with Crippen LogP contribution in [0.2, 0.25) is 0 Å². The van der Waals surface area contributed by atoms with Crippen LogP contribution >= 0.6 is 0 Å². The fourth-order valence-electron chi connectivity index (χ4n) is 2.95. The van der Waals surface area contributed by atoms with Crippen LogP contribution in [0, 0.1) is 11.3 Å². The average molecular weight is 226 g/mol. The Hall–Kier alpha value is -0.0800. The number of hydrogen-bond donors (Lipinski definition) is 0. The van der Waals surface area contributed by atoms with Gasteiger partial charge in [0.15, 0.2) is 0 Å². The van der Waals surface area contributed by atoms with Gasteiger partial charge in [-0.1, -0.05) is 33.6 Å². The molecule has 1 saturated heterocycles. The lowest BCUT2D eigenvalue weighted by atomic mass is 9.80. The third kappa shape index (κ3) is 3.46. The molecule has 0 N–H and O–H groups in total. The fraction of sp³-hybridized carbons (Fsp3) is 1.00. The summed E-state index contributed by atoms with van der Waals surface area (Å²) >= 11 is 0. The summed E-state index contributed by atoms with van der Waals surface area (Å²) in [7, 11) is 0. The van der Waals surface area contributed by atoms with Crippen LogP contribution in [0.5, 0.6) is 0 Å². The lowest BCUT2D eigenvalue weighted by Gasteiger charge is -2.30. The highest BCUT2D eigenvalue weighted by Crippen LogP contribution is 2.35. The molecule has 1 heterocycles.